The molecule has 4 rings (SSSR count). The van der Waals surface area contributed by atoms with E-state index in [4.69, 9.17) is 0 Å². The summed E-state index contributed by atoms with van der Waals surface area (Å²) in [5, 5.41) is 13.5. The number of thiophene rings is 1. The van der Waals surface area contributed by atoms with Crippen molar-refractivity contribution in [1.29, 1.82) is 0 Å². The number of nitrogens with zero attached hydrogens (tertiary/aromatic N) is 4. The number of rotatable bonds is 8. The fraction of sp³-hybridized carbons (Fsp3) is 0.364. The van der Waals surface area contributed by atoms with Gasteiger partial charge < -0.3 is 5.32 Å². The first-order valence-corrected chi connectivity index (χ1v) is 11.1. The van der Waals surface area contributed by atoms with Crippen LogP contribution in [0.2, 0.25) is 0 Å². The number of aryl methyl sites for hydroxylation is 3. The zero-order valence-corrected chi connectivity index (χ0v) is 18.0. The third-order valence-electron chi connectivity index (χ3n) is 5.29. The van der Waals surface area contributed by atoms with E-state index >= 15 is 0 Å². The van der Waals surface area contributed by atoms with Crippen LogP contribution in [0.4, 0.5) is 0 Å². The molecular weight excluding hydrogens is 398 g/mol. The minimum absolute atomic E-state index is 0.00214. The Morgan fingerprint density at radius 3 is 2.73 bits per heavy atom. The van der Waals surface area contributed by atoms with Gasteiger partial charge in [0.15, 0.2) is 0 Å². The van der Waals surface area contributed by atoms with Gasteiger partial charge in [-0.1, -0.05) is 30.3 Å². The second-order valence-electron chi connectivity index (χ2n) is 7.43. The summed E-state index contributed by atoms with van der Waals surface area (Å²) in [4.78, 5) is 25.1. The summed E-state index contributed by atoms with van der Waals surface area (Å²) in [7, 11) is 0. The van der Waals surface area contributed by atoms with Gasteiger partial charge in [0.2, 0.25) is 11.7 Å². The Balaban J connectivity index is 1.43. The SMILES string of the molecule is CCn1c(=O)c2sccc2n2c(CCC(=O)N[C@@H](C)CCc3ccccc3)nnc12. The number of benzene rings is 1. The molecule has 0 fully saturated rings. The molecule has 8 heteroatoms. The lowest BCUT2D eigenvalue weighted by molar-refractivity contribution is -0.121. The van der Waals surface area contributed by atoms with Crippen LogP contribution in [-0.2, 0) is 24.2 Å². The Hall–Kier alpha value is -3.00. The average Bonchev–Trinajstić information content (AvgIpc) is 3.39. The minimum atomic E-state index is -0.0427. The number of carbonyl (C=O) groups excluding carboxylic acids is 1. The maximum Gasteiger partial charge on any atom is 0.272 e. The van der Waals surface area contributed by atoms with Crippen molar-refractivity contribution in [2.45, 2.75) is 52.1 Å². The van der Waals surface area contributed by atoms with Crippen molar-refractivity contribution in [2.24, 2.45) is 0 Å². The molecule has 0 saturated heterocycles. The molecule has 3 heterocycles. The molecule has 0 unspecified atom stereocenters. The second kappa shape index (κ2) is 8.79. The van der Waals surface area contributed by atoms with Crippen LogP contribution in [0, 0.1) is 0 Å². The predicted octanol–water partition coefficient (Wildman–Crippen LogP) is 3.20. The van der Waals surface area contributed by atoms with Crippen LogP contribution in [0.25, 0.3) is 16.0 Å². The summed E-state index contributed by atoms with van der Waals surface area (Å²) in [5.41, 5.74) is 2.04. The Kier molecular flexibility index (Phi) is 5.94. The largest absolute Gasteiger partial charge is 0.354 e. The smallest absolute Gasteiger partial charge is 0.272 e. The molecule has 3 aromatic heterocycles. The zero-order valence-electron chi connectivity index (χ0n) is 17.2. The fourth-order valence-corrected chi connectivity index (χ4v) is 4.52. The van der Waals surface area contributed by atoms with Crippen molar-refractivity contribution in [1.82, 2.24) is 24.5 Å². The van der Waals surface area contributed by atoms with Crippen molar-refractivity contribution < 1.29 is 4.79 Å². The first kappa shape index (κ1) is 20.3. The van der Waals surface area contributed by atoms with Crippen LogP contribution in [0.1, 0.15) is 38.1 Å². The molecule has 1 atom stereocenters. The zero-order chi connectivity index (χ0) is 21.1. The van der Waals surface area contributed by atoms with E-state index in [0.29, 0.717) is 35.7 Å². The molecule has 0 radical (unpaired) electrons. The first-order valence-electron chi connectivity index (χ1n) is 10.3. The summed E-state index contributed by atoms with van der Waals surface area (Å²) in [6.07, 6.45) is 2.61. The van der Waals surface area contributed by atoms with Gasteiger partial charge in [0.1, 0.15) is 10.5 Å². The van der Waals surface area contributed by atoms with Crippen LogP contribution in [0.5, 0.6) is 0 Å². The highest BCUT2D eigenvalue weighted by Gasteiger charge is 2.17. The van der Waals surface area contributed by atoms with Gasteiger partial charge in [-0.3, -0.25) is 18.6 Å². The molecule has 156 valence electrons. The van der Waals surface area contributed by atoms with E-state index in [1.807, 2.05) is 47.9 Å². The highest BCUT2D eigenvalue weighted by molar-refractivity contribution is 7.17. The molecule has 0 saturated carbocycles. The van der Waals surface area contributed by atoms with Crippen LogP contribution in [0.15, 0.2) is 46.6 Å². The van der Waals surface area contributed by atoms with Gasteiger partial charge in [0.25, 0.3) is 5.56 Å². The van der Waals surface area contributed by atoms with Gasteiger partial charge in [-0.15, -0.1) is 21.5 Å². The topological polar surface area (TPSA) is 81.3 Å². The molecule has 0 aliphatic rings. The normalized spacial score (nSPS) is 12.5. The van der Waals surface area contributed by atoms with Crippen molar-refractivity contribution in [2.75, 3.05) is 0 Å². The number of aromatic nitrogens is 4. The Labute approximate surface area is 178 Å². The quantitative estimate of drug-likeness (QED) is 0.472. The average molecular weight is 424 g/mol. The highest BCUT2D eigenvalue weighted by atomic mass is 32.1. The highest BCUT2D eigenvalue weighted by Crippen LogP contribution is 2.20. The van der Waals surface area contributed by atoms with Crippen molar-refractivity contribution in [3.8, 4) is 0 Å². The molecule has 1 aromatic carbocycles. The lowest BCUT2D eigenvalue weighted by Gasteiger charge is -2.14. The first-order chi connectivity index (χ1) is 14.6. The summed E-state index contributed by atoms with van der Waals surface area (Å²) >= 11 is 1.42. The summed E-state index contributed by atoms with van der Waals surface area (Å²) in [5.74, 6) is 1.22. The maximum atomic E-state index is 12.6. The Morgan fingerprint density at radius 1 is 1.17 bits per heavy atom. The molecule has 4 aromatic rings. The number of nitrogens with one attached hydrogen (secondary N) is 1. The van der Waals surface area contributed by atoms with Gasteiger partial charge in [-0.05, 0) is 43.7 Å². The molecule has 0 bridgehead atoms. The van der Waals surface area contributed by atoms with E-state index in [9.17, 15) is 9.59 Å². The fourth-order valence-electron chi connectivity index (χ4n) is 3.70. The molecule has 0 spiro atoms. The van der Waals surface area contributed by atoms with Gasteiger partial charge in [-0.25, -0.2) is 0 Å². The lowest BCUT2D eigenvalue weighted by Crippen LogP contribution is -2.33. The number of fused-ring (bicyclic) bond motifs is 3. The molecule has 30 heavy (non-hydrogen) atoms. The summed E-state index contributed by atoms with van der Waals surface area (Å²) in [6.45, 7) is 4.47. The summed E-state index contributed by atoms with van der Waals surface area (Å²) < 4.78 is 4.22. The van der Waals surface area contributed by atoms with Gasteiger partial charge >= 0.3 is 0 Å². The Bertz CT molecular complexity index is 1230. The number of amides is 1. The Morgan fingerprint density at radius 2 is 1.97 bits per heavy atom. The summed E-state index contributed by atoms with van der Waals surface area (Å²) in [6, 6.07) is 12.3. The van der Waals surface area contributed by atoms with E-state index in [1.54, 1.807) is 4.57 Å². The molecule has 0 aliphatic carbocycles. The van der Waals surface area contributed by atoms with Gasteiger partial charge in [0.05, 0.1) is 5.52 Å². The maximum absolute atomic E-state index is 12.6. The van der Waals surface area contributed by atoms with Crippen molar-refractivity contribution >= 4 is 33.2 Å². The van der Waals surface area contributed by atoms with E-state index in [1.165, 1.54) is 16.9 Å². The van der Waals surface area contributed by atoms with E-state index in [0.717, 1.165) is 18.4 Å². The third kappa shape index (κ3) is 4.00. The molecule has 1 amide bonds. The lowest BCUT2D eigenvalue weighted by atomic mass is 10.1. The molecule has 0 aliphatic heterocycles. The number of hydrogen-bond donors (Lipinski definition) is 1. The van der Waals surface area contributed by atoms with Crippen molar-refractivity contribution in [3.63, 3.8) is 0 Å². The van der Waals surface area contributed by atoms with Crippen LogP contribution in [0.3, 0.4) is 0 Å². The number of carbonyl (C=O) groups is 1. The third-order valence-corrected chi connectivity index (χ3v) is 6.18. The van der Waals surface area contributed by atoms with Crippen molar-refractivity contribution in [3.05, 3.63) is 63.5 Å². The van der Waals surface area contributed by atoms with Crippen LogP contribution >= 0.6 is 11.3 Å². The molecule has 1 N–H and O–H groups in total. The number of hydrogen-bond acceptors (Lipinski definition) is 5. The second-order valence-corrected chi connectivity index (χ2v) is 8.34. The van der Waals surface area contributed by atoms with E-state index in [-0.39, 0.29) is 17.5 Å². The van der Waals surface area contributed by atoms with Crippen LogP contribution < -0.4 is 10.9 Å². The molecular formula is C22H25N5O2S. The minimum Gasteiger partial charge on any atom is -0.354 e. The monoisotopic (exact) mass is 423 g/mol. The van der Waals surface area contributed by atoms with E-state index < -0.39 is 0 Å². The van der Waals surface area contributed by atoms with E-state index in [2.05, 4.69) is 27.6 Å². The van der Waals surface area contributed by atoms with Gasteiger partial charge in [0, 0.05) is 25.4 Å². The van der Waals surface area contributed by atoms with Crippen LogP contribution in [-0.4, -0.2) is 31.1 Å². The predicted molar refractivity (Wildman–Crippen MR) is 119 cm³/mol. The standard InChI is InChI=1S/C22H25N5O2S/c1-3-26-21(29)20-17(13-14-30-20)27-18(24-25-22(26)27)11-12-19(28)23-15(2)9-10-16-7-5-4-6-8-16/h4-8,13-15H,3,9-12H2,1-2H3,(H,23,28)/t15-/m0/s1. The van der Waals surface area contributed by atoms with Gasteiger partial charge in [-0.2, -0.15) is 0 Å². The molecule has 7 nitrogen and oxygen atoms in total.